The van der Waals surface area contributed by atoms with Crippen molar-refractivity contribution in [3.8, 4) is 0 Å². The molecule has 4 nitrogen and oxygen atoms in total. The highest BCUT2D eigenvalue weighted by atomic mass is 15.0. The van der Waals surface area contributed by atoms with E-state index >= 15 is 0 Å². The first-order valence-electron chi connectivity index (χ1n) is 6.44. The molecule has 102 valence electrons. The summed E-state index contributed by atoms with van der Waals surface area (Å²) in [7, 11) is 0. The second-order valence-electron chi connectivity index (χ2n) is 4.37. The minimum absolute atomic E-state index is 0.282. The van der Waals surface area contributed by atoms with E-state index in [1.165, 1.54) is 0 Å². The lowest BCUT2D eigenvalue weighted by Gasteiger charge is -2.02. The standard InChI is InChI=1S/C16H18N4/c17-15(19-11-13-7-3-1-4-8-13)16(18)20-12-14-9-5-2-6-10-14/h1-10H,11-12H2,(H2,17,19)(H2,18,20). The molecule has 0 saturated heterocycles. The van der Waals surface area contributed by atoms with Gasteiger partial charge in [-0.15, -0.1) is 0 Å². The SMILES string of the molecule is NC(=NCc1ccccc1)C(N)=NCc1ccccc1. The third-order valence-electron chi connectivity index (χ3n) is 2.81. The molecule has 0 unspecified atom stereocenters. The molecule has 0 fully saturated rings. The Kier molecular flexibility index (Phi) is 4.89. The lowest BCUT2D eigenvalue weighted by Crippen LogP contribution is -2.31. The quantitative estimate of drug-likeness (QED) is 0.656. The van der Waals surface area contributed by atoms with Gasteiger partial charge in [-0.2, -0.15) is 0 Å². The average Bonchev–Trinajstić information content (AvgIpc) is 2.52. The molecule has 4 N–H and O–H groups in total. The largest absolute Gasteiger partial charge is 0.381 e. The molecule has 0 atom stereocenters. The lowest BCUT2D eigenvalue weighted by atomic mass is 10.2. The van der Waals surface area contributed by atoms with Gasteiger partial charge in [0.25, 0.3) is 0 Å². The van der Waals surface area contributed by atoms with Gasteiger partial charge in [0, 0.05) is 0 Å². The monoisotopic (exact) mass is 266 g/mol. The third-order valence-corrected chi connectivity index (χ3v) is 2.81. The van der Waals surface area contributed by atoms with Gasteiger partial charge in [0.05, 0.1) is 13.1 Å². The van der Waals surface area contributed by atoms with Gasteiger partial charge in [-0.25, -0.2) is 0 Å². The summed E-state index contributed by atoms with van der Waals surface area (Å²) >= 11 is 0. The summed E-state index contributed by atoms with van der Waals surface area (Å²) in [5, 5.41) is 0. The number of hydrogen-bond acceptors (Lipinski definition) is 2. The van der Waals surface area contributed by atoms with E-state index in [0.29, 0.717) is 13.1 Å². The summed E-state index contributed by atoms with van der Waals surface area (Å²) in [4.78, 5) is 8.49. The number of aliphatic imine (C=N–C) groups is 2. The predicted octanol–water partition coefficient (Wildman–Crippen LogP) is 2.10. The molecule has 2 aromatic carbocycles. The molecule has 0 aliphatic carbocycles. The van der Waals surface area contributed by atoms with Crippen LogP contribution in [0.4, 0.5) is 0 Å². The molecular formula is C16H18N4. The minimum atomic E-state index is 0.282. The maximum absolute atomic E-state index is 5.82. The van der Waals surface area contributed by atoms with Crippen LogP contribution < -0.4 is 11.5 Å². The van der Waals surface area contributed by atoms with E-state index < -0.39 is 0 Å². The molecule has 0 aliphatic heterocycles. The molecule has 0 bridgehead atoms. The summed E-state index contributed by atoms with van der Waals surface area (Å²) in [6, 6.07) is 19.8. The number of nitrogens with two attached hydrogens (primary N) is 2. The van der Waals surface area contributed by atoms with E-state index in [4.69, 9.17) is 11.5 Å². The van der Waals surface area contributed by atoms with Gasteiger partial charge in [0.15, 0.2) is 11.7 Å². The number of benzene rings is 2. The van der Waals surface area contributed by atoms with Gasteiger partial charge in [0.2, 0.25) is 0 Å². The van der Waals surface area contributed by atoms with E-state index in [-0.39, 0.29) is 11.7 Å². The van der Waals surface area contributed by atoms with E-state index in [2.05, 4.69) is 9.98 Å². The van der Waals surface area contributed by atoms with Crippen LogP contribution in [0.2, 0.25) is 0 Å². The number of nitrogens with zero attached hydrogens (tertiary/aromatic N) is 2. The second-order valence-corrected chi connectivity index (χ2v) is 4.37. The van der Waals surface area contributed by atoms with Crippen LogP contribution in [-0.4, -0.2) is 11.7 Å². The van der Waals surface area contributed by atoms with Gasteiger partial charge in [0.1, 0.15) is 0 Å². The van der Waals surface area contributed by atoms with Crippen molar-refractivity contribution in [1.29, 1.82) is 0 Å². The van der Waals surface area contributed by atoms with Crippen LogP contribution >= 0.6 is 0 Å². The zero-order valence-corrected chi connectivity index (χ0v) is 11.2. The van der Waals surface area contributed by atoms with Crippen molar-refractivity contribution in [3.05, 3.63) is 71.8 Å². The van der Waals surface area contributed by atoms with E-state index in [1.54, 1.807) is 0 Å². The molecule has 2 rings (SSSR count). The number of hydrogen-bond donors (Lipinski definition) is 2. The zero-order valence-electron chi connectivity index (χ0n) is 11.2. The van der Waals surface area contributed by atoms with E-state index in [9.17, 15) is 0 Å². The lowest BCUT2D eigenvalue weighted by molar-refractivity contribution is 1.05. The topological polar surface area (TPSA) is 76.8 Å². The van der Waals surface area contributed by atoms with E-state index in [1.807, 2.05) is 60.7 Å². The maximum Gasteiger partial charge on any atom is 0.161 e. The highest BCUT2D eigenvalue weighted by Gasteiger charge is 1.99. The fraction of sp³-hybridized carbons (Fsp3) is 0.125. The predicted molar refractivity (Wildman–Crippen MR) is 83.5 cm³/mol. The van der Waals surface area contributed by atoms with Gasteiger partial charge in [-0.1, -0.05) is 60.7 Å². The van der Waals surface area contributed by atoms with Crippen LogP contribution in [0, 0.1) is 0 Å². The molecule has 0 heterocycles. The molecule has 0 spiro atoms. The first-order chi connectivity index (χ1) is 9.75. The molecule has 4 heteroatoms. The fourth-order valence-electron chi connectivity index (χ4n) is 1.68. The van der Waals surface area contributed by atoms with Gasteiger partial charge < -0.3 is 11.5 Å². The number of amidine groups is 2. The number of rotatable bonds is 4. The zero-order chi connectivity index (χ0) is 14.2. The summed E-state index contributed by atoms with van der Waals surface area (Å²) < 4.78 is 0. The van der Waals surface area contributed by atoms with E-state index in [0.717, 1.165) is 11.1 Å². The van der Waals surface area contributed by atoms with Crippen molar-refractivity contribution in [3.63, 3.8) is 0 Å². The second kappa shape index (κ2) is 7.09. The van der Waals surface area contributed by atoms with Gasteiger partial charge in [-0.3, -0.25) is 9.98 Å². The molecule has 20 heavy (non-hydrogen) atoms. The summed E-state index contributed by atoms with van der Waals surface area (Å²) in [6.45, 7) is 1.02. The Morgan fingerprint density at radius 1 is 0.650 bits per heavy atom. The van der Waals surface area contributed by atoms with Crippen molar-refractivity contribution >= 4 is 11.7 Å². The fourth-order valence-corrected chi connectivity index (χ4v) is 1.68. The average molecular weight is 266 g/mol. The van der Waals surface area contributed by atoms with Gasteiger partial charge in [-0.05, 0) is 11.1 Å². The Bertz CT molecular complexity index is 533. The van der Waals surface area contributed by atoms with Crippen molar-refractivity contribution in [1.82, 2.24) is 0 Å². The van der Waals surface area contributed by atoms with Crippen molar-refractivity contribution in [2.45, 2.75) is 13.1 Å². The Labute approximate surface area is 118 Å². The maximum atomic E-state index is 5.82. The Balaban J connectivity index is 1.95. The van der Waals surface area contributed by atoms with Crippen LogP contribution in [0.1, 0.15) is 11.1 Å². The highest BCUT2D eigenvalue weighted by molar-refractivity contribution is 6.39. The first-order valence-corrected chi connectivity index (χ1v) is 6.44. The highest BCUT2D eigenvalue weighted by Crippen LogP contribution is 2.01. The van der Waals surface area contributed by atoms with Gasteiger partial charge >= 0.3 is 0 Å². The Morgan fingerprint density at radius 3 is 1.35 bits per heavy atom. The van der Waals surface area contributed by atoms with Crippen LogP contribution in [0.15, 0.2) is 70.6 Å². The molecule has 0 aliphatic rings. The minimum Gasteiger partial charge on any atom is -0.381 e. The normalized spacial score (nSPS) is 12.4. The summed E-state index contributed by atoms with van der Waals surface area (Å²) in [5.74, 6) is 0.564. The van der Waals surface area contributed by atoms with Crippen LogP contribution in [0.5, 0.6) is 0 Å². The smallest absolute Gasteiger partial charge is 0.161 e. The third kappa shape index (κ3) is 4.24. The van der Waals surface area contributed by atoms with Crippen molar-refractivity contribution < 1.29 is 0 Å². The first kappa shape index (κ1) is 13.8. The van der Waals surface area contributed by atoms with Crippen LogP contribution in [-0.2, 0) is 13.1 Å². The molecular weight excluding hydrogens is 248 g/mol. The Hall–Kier alpha value is -2.62. The molecule has 0 radical (unpaired) electrons. The van der Waals surface area contributed by atoms with Crippen LogP contribution in [0.3, 0.4) is 0 Å². The van der Waals surface area contributed by atoms with Crippen LogP contribution in [0.25, 0.3) is 0 Å². The summed E-state index contributed by atoms with van der Waals surface area (Å²) in [6.07, 6.45) is 0. The Morgan fingerprint density at radius 2 is 1.00 bits per heavy atom. The van der Waals surface area contributed by atoms with Crippen molar-refractivity contribution in [2.75, 3.05) is 0 Å². The molecule has 0 aromatic heterocycles. The molecule has 2 aromatic rings. The molecule has 0 saturated carbocycles. The molecule has 0 amide bonds. The van der Waals surface area contributed by atoms with Crippen molar-refractivity contribution in [2.24, 2.45) is 21.5 Å². The summed E-state index contributed by atoms with van der Waals surface area (Å²) in [5.41, 5.74) is 13.8.